The molecule has 12 nitrogen and oxygen atoms in total. The standard InChI is InChI=1S/C5H12O4.Cl2O3P2.O5P2/c6-1-5(2-7,3-8)4-9;1-6(3)5-7(2)4;1-6(2)5-7(3)4/h6-9H,1-4H2;;/q;+2;/p+2. The first kappa shape index (κ1) is 28.5. The van der Waals surface area contributed by atoms with Gasteiger partial charge in [-0.15, -0.1) is 9.79 Å². The molecular weight excluding hydrogens is 447 g/mol. The summed E-state index contributed by atoms with van der Waals surface area (Å²) in [6, 6.07) is 0. The van der Waals surface area contributed by atoms with E-state index in [-0.39, 0.29) is 0 Å². The predicted octanol–water partition coefficient (Wildman–Crippen LogP) is 1.04. The Morgan fingerprint density at radius 2 is 0.957 bits per heavy atom. The topological polar surface area (TPSA) is 208 Å². The van der Waals surface area contributed by atoms with Crippen molar-refractivity contribution >= 4 is 53.8 Å². The molecule has 0 amide bonds. The fraction of sp³-hybridized carbons (Fsp3) is 1.00. The van der Waals surface area contributed by atoms with E-state index in [1.807, 2.05) is 0 Å². The number of halogens is 2. The third-order valence-electron chi connectivity index (χ3n) is 1.61. The Balaban J connectivity index is -0.000000264. The second-order valence-electron chi connectivity index (χ2n) is 3.20. The molecule has 0 radical (unpaired) electrons. The average molecular weight is 461 g/mol. The highest BCUT2D eigenvalue weighted by molar-refractivity contribution is 7.80. The molecule has 0 aromatic rings. The van der Waals surface area contributed by atoms with Crippen LogP contribution >= 0.6 is 53.8 Å². The van der Waals surface area contributed by atoms with E-state index in [0.717, 1.165) is 0 Å². The molecule has 0 aliphatic heterocycles. The molecular formula is C5H14Cl2O12P4+4. The SMILES string of the molecule is O=[P+](Cl)O[P+](=O)Cl.O=[P+](O)O[P+](=O)O.OCC(CO)(CO)CO. The van der Waals surface area contributed by atoms with Crippen LogP contribution in [0.4, 0.5) is 0 Å². The van der Waals surface area contributed by atoms with Crippen LogP contribution in [0.1, 0.15) is 0 Å². The van der Waals surface area contributed by atoms with E-state index >= 15 is 0 Å². The van der Waals surface area contributed by atoms with Gasteiger partial charge in [0, 0.05) is 9.13 Å². The van der Waals surface area contributed by atoms with Crippen LogP contribution in [0.5, 0.6) is 0 Å². The molecule has 4 unspecified atom stereocenters. The number of aliphatic hydroxyl groups is 4. The highest BCUT2D eigenvalue weighted by Crippen LogP contribution is 2.43. The summed E-state index contributed by atoms with van der Waals surface area (Å²) in [5.74, 6) is 0. The van der Waals surface area contributed by atoms with Gasteiger partial charge in [-0.2, -0.15) is 0 Å². The Labute approximate surface area is 143 Å². The Hall–Kier alpha value is 0.660. The zero-order valence-electron chi connectivity index (χ0n) is 11.0. The normalized spacial score (nSPS) is 12.9. The van der Waals surface area contributed by atoms with Crippen LogP contribution in [0.15, 0.2) is 0 Å². The minimum atomic E-state index is -2.92. The molecule has 136 valence electrons. The lowest BCUT2D eigenvalue weighted by Gasteiger charge is -2.23. The van der Waals surface area contributed by atoms with Crippen molar-refractivity contribution in [3.63, 3.8) is 0 Å². The largest absolute Gasteiger partial charge is 0.745 e. The summed E-state index contributed by atoms with van der Waals surface area (Å²) in [5, 5.41) is 34.0. The predicted molar refractivity (Wildman–Crippen MR) is 79.5 cm³/mol. The van der Waals surface area contributed by atoms with Crippen LogP contribution in [-0.2, 0) is 26.9 Å². The van der Waals surface area contributed by atoms with Gasteiger partial charge in [0.25, 0.3) is 0 Å². The van der Waals surface area contributed by atoms with Crippen LogP contribution in [0.25, 0.3) is 0 Å². The highest BCUT2D eigenvalue weighted by atomic mass is 35.7. The van der Waals surface area contributed by atoms with Crippen LogP contribution < -0.4 is 0 Å². The average Bonchev–Trinajstić information content (AvgIpc) is 2.40. The van der Waals surface area contributed by atoms with Gasteiger partial charge in [0.2, 0.25) is 22.5 Å². The van der Waals surface area contributed by atoms with Gasteiger partial charge < -0.3 is 20.4 Å². The van der Waals surface area contributed by atoms with E-state index < -0.39 is 63.1 Å². The summed E-state index contributed by atoms with van der Waals surface area (Å²) in [5.41, 5.74) is -1.11. The Morgan fingerprint density at radius 3 is 0.957 bits per heavy atom. The molecule has 0 heterocycles. The summed E-state index contributed by atoms with van der Waals surface area (Å²) in [4.78, 5) is 15.3. The molecule has 6 N–H and O–H groups in total. The Morgan fingerprint density at radius 1 is 0.696 bits per heavy atom. The summed E-state index contributed by atoms with van der Waals surface area (Å²) >= 11 is 9.38. The molecule has 0 saturated heterocycles. The third-order valence-corrected chi connectivity index (χ3v) is 4.87. The molecule has 0 fully saturated rings. The molecule has 23 heavy (non-hydrogen) atoms. The van der Waals surface area contributed by atoms with E-state index in [4.69, 9.17) is 52.7 Å². The maximum absolute atomic E-state index is 9.68. The van der Waals surface area contributed by atoms with Gasteiger partial charge >= 0.3 is 31.3 Å². The van der Waals surface area contributed by atoms with Crippen LogP contribution in [0.3, 0.4) is 0 Å². The summed E-state index contributed by atoms with van der Waals surface area (Å²) in [6.07, 6.45) is 0. The molecule has 0 aromatic carbocycles. The molecule has 18 heteroatoms. The third kappa shape index (κ3) is 22.7. The van der Waals surface area contributed by atoms with Gasteiger partial charge in [0.15, 0.2) is 4.31 Å². The zero-order valence-corrected chi connectivity index (χ0v) is 16.1. The van der Waals surface area contributed by atoms with Crippen molar-refractivity contribution in [2.75, 3.05) is 26.4 Å². The first-order valence-corrected chi connectivity index (χ1v) is 11.3. The smallest absolute Gasteiger partial charge is 0.396 e. The molecule has 0 aliphatic rings. The second-order valence-corrected chi connectivity index (χ2v) is 7.96. The Kier molecular flexibility index (Phi) is 21.6. The molecule has 0 bridgehead atoms. The van der Waals surface area contributed by atoms with Gasteiger partial charge in [-0.1, -0.05) is 0 Å². The van der Waals surface area contributed by atoms with E-state index in [1.54, 1.807) is 0 Å². The number of rotatable bonds is 8. The number of aliphatic hydroxyl groups excluding tert-OH is 4. The van der Waals surface area contributed by atoms with Crippen molar-refractivity contribution in [2.24, 2.45) is 5.41 Å². The summed E-state index contributed by atoms with van der Waals surface area (Å²) in [7, 11) is -10.5. The molecule has 4 atom stereocenters. The lowest BCUT2D eigenvalue weighted by atomic mass is 9.93. The molecule has 0 rings (SSSR count). The fourth-order valence-electron chi connectivity index (χ4n) is 0.410. The minimum Gasteiger partial charge on any atom is -0.396 e. The highest BCUT2D eigenvalue weighted by Gasteiger charge is 2.32. The van der Waals surface area contributed by atoms with Gasteiger partial charge in [-0.3, -0.25) is 0 Å². The lowest BCUT2D eigenvalue weighted by Crippen LogP contribution is -2.37. The van der Waals surface area contributed by atoms with Crippen molar-refractivity contribution in [3.8, 4) is 0 Å². The van der Waals surface area contributed by atoms with Crippen LogP contribution in [-0.4, -0.2) is 56.6 Å². The molecule has 0 spiro atoms. The lowest BCUT2D eigenvalue weighted by molar-refractivity contribution is -0.0328. The van der Waals surface area contributed by atoms with Crippen LogP contribution in [0.2, 0.25) is 0 Å². The zero-order chi connectivity index (χ0) is 19.1. The van der Waals surface area contributed by atoms with Crippen molar-refractivity contribution in [2.45, 2.75) is 0 Å². The second kappa shape index (κ2) is 17.5. The van der Waals surface area contributed by atoms with E-state index in [2.05, 4.69) is 8.62 Å². The molecule has 0 aromatic heterocycles. The van der Waals surface area contributed by atoms with Gasteiger partial charge in [0.1, 0.15) is 4.31 Å². The van der Waals surface area contributed by atoms with E-state index in [1.165, 1.54) is 0 Å². The Bertz CT molecular complexity index is 322. The first-order valence-electron chi connectivity index (χ1n) is 4.88. The van der Waals surface area contributed by atoms with Gasteiger partial charge in [0.05, 0.1) is 31.8 Å². The van der Waals surface area contributed by atoms with Crippen LogP contribution in [0, 0.1) is 5.41 Å². The quantitative estimate of drug-likeness (QED) is 0.280. The van der Waals surface area contributed by atoms with E-state index in [9.17, 15) is 18.3 Å². The van der Waals surface area contributed by atoms with Crippen molar-refractivity contribution in [3.05, 3.63) is 0 Å². The van der Waals surface area contributed by atoms with Gasteiger partial charge in [-0.25, -0.2) is 0 Å². The maximum atomic E-state index is 9.68. The maximum Gasteiger partial charge on any atom is 0.745 e. The molecule has 0 aliphatic carbocycles. The van der Waals surface area contributed by atoms with Crippen molar-refractivity contribution < 1.29 is 57.1 Å². The number of hydrogen-bond acceptors (Lipinski definition) is 10. The summed E-state index contributed by atoms with van der Waals surface area (Å²) < 4.78 is 45.3. The fourth-order valence-corrected chi connectivity index (χ4v) is 2.59. The van der Waals surface area contributed by atoms with Crippen molar-refractivity contribution in [1.29, 1.82) is 0 Å². The minimum absolute atomic E-state index is 0.406. The molecule has 0 saturated carbocycles. The first-order chi connectivity index (χ1) is 10.5. The van der Waals surface area contributed by atoms with Crippen molar-refractivity contribution in [1.82, 2.24) is 0 Å². The van der Waals surface area contributed by atoms with Gasteiger partial charge in [-0.05, 0) is 9.13 Å². The monoisotopic (exact) mass is 460 g/mol. The number of hydrogen-bond donors (Lipinski definition) is 6. The summed E-state index contributed by atoms with van der Waals surface area (Å²) in [6.45, 7) is -1.62. The van der Waals surface area contributed by atoms with E-state index in [0.29, 0.717) is 0 Å².